The minimum absolute atomic E-state index is 0.0173. The number of amides is 10. The van der Waals surface area contributed by atoms with Crippen LogP contribution in [0, 0.1) is 5.92 Å². The molecule has 4 unspecified atom stereocenters. The number of guanidine groups is 1. The summed E-state index contributed by atoms with van der Waals surface area (Å²) in [7, 11) is 0. The van der Waals surface area contributed by atoms with Crippen LogP contribution in [-0.2, 0) is 54.4 Å². The lowest BCUT2D eigenvalue weighted by molar-refractivity contribution is -0.142. The van der Waals surface area contributed by atoms with Crippen molar-refractivity contribution in [1.29, 1.82) is 0 Å². The van der Waals surface area contributed by atoms with E-state index in [1.165, 1.54) is 35.9 Å². The first kappa shape index (κ1) is 56.2. The number of nitrogens with one attached hydrogen (secondary N) is 7. The first-order valence-corrected chi connectivity index (χ1v) is 25.2. The highest BCUT2D eigenvalue weighted by atomic mass is 32.2. The number of nitrogens with two attached hydrogens (primary N) is 4. The highest BCUT2D eigenvalue weighted by Crippen LogP contribution is 2.73. The van der Waals surface area contributed by atoms with Gasteiger partial charge < -0.3 is 70.2 Å². The van der Waals surface area contributed by atoms with E-state index in [1.807, 2.05) is 6.08 Å². The Bertz CT molecular complexity index is 2350. The van der Waals surface area contributed by atoms with E-state index in [2.05, 4.69) is 42.2 Å². The maximum Gasteiger partial charge on any atom is 0.245 e. The van der Waals surface area contributed by atoms with E-state index >= 15 is 0 Å². The second kappa shape index (κ2) is 24.6. The number of nitrogens with zero attached hydrogens (tertiary/aromatic N) is 2. The average molecular weight is 1040 g/mol. The second-order valence-corrected chi connectivity index (χ2v) is 21.2. The van der Waals surface area contributed by atoms with Crippen molar-refractivity contribution in [2.24, 2.45) is 33.8 Å². The summed E-state index contributed by atoms with van der Waals surface area (Å²) in [6, 6.07) is -0.170. The number of hydrogen-bond donors (Lipinski definition) is 12. The van der Waals surface area contributed by atoms with Crippen LogP contribution in [0.4, 0.5) is 0 Å². The Kier molecular flexibility index (Phi) is 19.2. The molecule has 392 valence electrons. The SMILES string of the molecule is CCC(=O)N[C@@H](CC12C=CC3(O)SC3C1S2)C(=O)N[C@@H](Cc1ccccc1)C(=O)N[C@H](C(=O)N[C@@H](CC(N)=O)C(=O)N[C@@H](C)C(=O)N1CCC[C@H]1C(=O)N[C@@H](C/C=C\N=C(N)N)C(=O)NCC(N)=O)C(C)C. The van der Waals surface area contributed by atoms with Crippen molar-refractivity contribution in [2.75, 3.05) is 13.1 Å². The largest absolute Gasteiger partial charge is 0.375 e. The van der Waals surface area contributed by atoms with Crippen molar-refractivity contribution >= 4 is 88.6 Å². The number of thioether (sulfide) groups is 2. The molecule has 3 aliphatic heterocycles. The van der Waals surface area contributed by atoms with Gasteiger partial charge in [-0.25, -0.2) is 4.99 Å². The number of aliphatic hydroxyl groups is 1. The van der Waals surface area contributed by atoms with Crippen LogP contribution in [0.1, 0.15) is 71.8 Å². The molecule has 16 N–H and O–H groups in total. The summed E-state index contributed by atoms with van der Waals surface area (Å²) in [5, 5.41) is 28.8. The molecule has 0 aromatic heterocycles. The van der Waals surface area contributed by atoms with Crippen LogP contribution >= 0.6 is 23.5 Å². The van der Waals surface area contributed by atoms with Gasteiger partial charge in [-0.2, -0.15) is 0 Å². The fourth-order valence-electron chi connectivity index (χ4n) is 8.41. The van der Waals surface area contributed by atoms with Crippen LogP contribution in [0.25, 0.3) is 0 Å². The lowest BCUT2D eigenvalue weighted by atomic mass is 9.88. The second-order valence-electron chi connectivity index (χ2n) is 18.3. The molecular formula is C46H65N13O11S2. The Morgan fingerprint density at radius 3 is 2.08 bits per heavy atom. The van der Waals surface area contributed by atoms with Gasteiger partial charge in [0.25, 0.3) is 0 Å². The number of likely N-dealkylation sites (tertiary alicyclic amines) is 1. The van der Waals surface area contributed by atoms with E-state index in [-0.39, 0.29) is 61.0 Å². The fraction of sp³-hybridized carbons (Fsp3) is 0.543. The number of fused-ring (bicyclic) bond motifs is 3. The van der Waals surface area contributed by atoms with Gasteiger partial charge in [0.2, 0.25) is 59.1 Å². The summed E-state index contributed by atoms with van der Waals surface area (Å²) in [5.41, 5.74) is 22.0. The van der Waals surface area contributed by atoms with E-state index in [9.17, 15) is 53.1 Å². The standard InChI is InChI=1S/C46H65N13O11S2/c1-5-33(62)54-29(21-45-15-16-46(70)36(72-46)35(45)71-45)40(66)56-27(19-25-11-7-6-8-12-25)39(65)58-34(23(2)3)42(68)57-28(20-31(47)60)38(64)53-24(4)43(69)59-18-10-14-30(59)41(67)55-26(13-9-17-51-44(49)50)37(63)52-22-32(48)61/h6-9,11-12,15-17,23-24,26-30,34-36,70H,5,10,13-14,18-22H2,1-4H3,(H2,47,60)(H2,48,61)(H,52,63)(H,53,64)(H,54,62)(H,55,67)(H,56,66)(H,57,68)(H,58,65)(H4,49,50,51)/b17-9-/t24-,26-,27-,28-,29-,30-,34-,35?,36?,45?,46?/m0/s1. The summed E-state index contributed by atoms with van der Waals surface area (Å²) in [4.78, 5) is 137. The fourth-order valence-corrected chi connectivity index (χ4v) is 11.4. The molecule has 1 aliphatic carbocycles. The normalized spacial score (nSPS) is 23.8. The molecule has 72 heavy (non-hydrogen) atoms. The minimum Gasteiger partial charge on any atom is -0.375 e. The smallest absolute Gasteiger partial charge is 0.245 e. The molecule has 3 saturated heterocycles. The molecule has 1 aromatic carbocycles. The van der Waals surface area contributed by atoms with E-state index in [0.717, 1.165) is 0 Å². The van der Waals surface area contributed by atoms with Crippen LogP contribution in [0.15, 0.2) is 59.8 Å². The van der Waals surface area contributed by atoms with E-state index in [1.54, 1.807) is 68.9 Å². The summed E-state index contributed by atoms with van der Waals surface area (Å²) in [6.07, 6.45) is 6.22. The van der Waals surface area contributed by atoms with Gasteiger partial charge in [-0.1, -0.05) is 63.3 Å². The van der Waals surface area contributed by atoms with Crippen LogP contribution in [-0.4, -0.2) is 151 Å². The van der Waals surface area contributed by atoms with Crippen molar-refractivity contribution in [2.45, 2.75) is 135 Å². The van der Waals surface area contributed by atoms with E-state index in [4.69, 9.17) is 22.9 Å². The topological polar surface area (TPSA) is 395 Å². The Balaban J connectivity index is 1.26. The van der Waals surface area contributed by atoms with Crippen LogP contribution in [0.5, 0.6) is 0 Å². The lowest BCUT2D eigenvalue weighted by Gasteiger charge is -2.30. The molecule has 3 fully saturated rings. The van der Waals surface area contributed by atoms with Crippen LogP contribution in [0.3, 0.4) is 0 Å². The third-order valence-electron chi connectivity index (χ3n) is 12.4. The first-order valence-electron chi connectivity index (χ1n) is 23.5. The maximum atomic E-state index is 14.3. The third kappa shape index (κ3) is 15.2. The molecule has 3 heterocycles. The molecule has 11 atom stereocenters. The summed E-state index contributed by atoms with van der Waals surface area (Å²) in [5.74, 6) is -8.55. The molecule has 0 spiro atoms. The Labute approximate surface area is 424 Å². The Hall–Kier alpha value is -6.67. The number of benzene rings is 1. The predicted molar refractivity (Wildman–Crippen MR) is 267 cm³/mol. The first-order chi connectivity index (χ1) is 34.0. The zero-order chi connectivity index (χ0) is 53.1. The lowest BCUT2D eigenvalue weighted by Crippen LogP contribution is -2.61. The molecule has 0 radical (unpaired) electrons. The summed E-state index contributed by atoms with van der Waals surface area (Å²) in [6.45, 7) is 5.81. The van der Waals surface area contributed by atoms with E-state index in [0.29, 0.717) is 12.0 Å². The number of aliphatic imine (C=N–C) groups is 1. The Morgan fingerprint density at radius 1 is 0.778 bits per heavy atom. The van der Waals surface area contributed by atoms with E-state index < -0.39 is 124 Å². The van der Waals surface area contributed by atoms with Gasteiger partial charge in [-0.05, 0) is 50.2 Å². The molecule has 0 saturated carbocycles. The molecule has 1 aromatic rings. The average Bonchev–Trinajstić information content (AvgIpc) is 4.16. The van der Waals surface area contributed by atoms with Crippen LogP contribution in [0.2, 0.25) is 0 Å². The molecule has 5 rings (SSSR count). The van der Waals surface area contributed by atoms with Crippen molar-refractivity contribution in [3.8, 4) is 0 Å². The van der Waals surface area contributed by atoms with Gasteiger partial charge >= 0.3 is 0 Å². The van der Waals surface area contributed by atoms with Gasteiger partial charge in [-0.15, -0.1) is 23.5 Å². The molecule has 0 bridgehead atoms. The molecule has 26 heteroatoms. The molecule has 4 aliphatic rings. The van der Waals surface area contributed by atoms with Crippen LogP contribution < -0.4 is 60.2 Å². The van der Waals surface area contributed by atoms with Crippen molar-refractivity contribution < 1.29 is 53.1 Å². The van der Waals surface area contributed by atoms with Gasteiger partial charge in [0, 0.05) is 35.6 Å². The van der Waals surface area contributed by atoms with Gasteiger partial charge in [-0.3, -0.25) is 47.9 Å². The highest BCUT2D eigenvalue weighted by molar-refractivity contribution is 8.14. The molecule has 24 nitrogen and oxygen atoms in total. The quantitative estimate of drug-likeness (QED) is 0.0185. The van der Waals surface area contributed by atoms with Gasteiger partial charge in [0.05, 0.1) is 18.2 Å². The predicted octanol–water partition coefficient (Wildman–Crippen LogP) is -3.51. The maximum absolute atomic E-state index is 14.3. The molecule has 10 amide bonds. The number of rotatable bonds is 26. The number of hydrogen-bond acceptors (Lipinski definition) is 14. The zero-order valence-corrected chi connectivity index (χ0v) is 42.0. The number of carbonyl (C=O) groups is 10. The number of primary amides is 2. The van der Waals surface area contributed by atoms with Gasteiger partial charge in [0.15, 0.2) is 5.96 Å². The third-order valence-corrected chi connectivity index (χ3v) is 15.6. The van der Waals surface area contributed by atoms with Crippen molar-refractivity contribution in [1.82, 2.24) is 42.1 Å². The minimum atomic E-state index is -1.64. The Morgan fingerprint density at radius 2 is 1.44 bits per heavy atom. The van der Waals surface area contributed by atoms with Crippen molar-refractivity contribution in [3.05, 3.63) is 60.3 Å². The summed E-state index contributed by atoms with van der Waals surface area (Å²) >= 11 is 3.03. The number of carbonyl (C=O) groups excluding carboxylic acids is 10. The zero-order valence-electron chi connectivity index (χ0n) is 40.4. The molecular weight excluding hydrogens is 975 g/mol. The monoisotopic (exact) mass is 1040 g/mol. The summed E-state index contributed by atoms with van der Waals surface area (Å²) < 4.78 is -0.496. The van der Waals surface area contributed by atoms with Gasteiger partial charge in [0.1, 0.15) is 47.2 Å². The highest BCUT2D eigenvalue weighted by Gasteiger charge is 2.73. The van der Waals surface area contributed by atoms with Crippen molar-refractivity contribution in [3.63, 3.8) is 0 Å².